The third kappa shape index (κ3) is 4.62. The summed E-state index contributed by atoms with van der Waals surface area (Å²) in [6, 6.07) is 22.7. The lowest BCUT2D eigenvalue weighted by atomic mass is 10.1. The molecular weight excluding hydrogens is 428 g/mol. The number of para-hydroxylation sites is 2. The van der Waals surface area contributed by atoms with Crippen molar-refractivity contribution in [3.8, 4) is 11.3 Å². The van der Waals surface area contributed by atoms with Crippen LogP contribution >= 0.6 is 11.3 Å². The van der Waals surface area contributed by atoms with Gasteiger partial charge in [0.1, 0.15) is 5.69 Å². The van der Waals surface area contributed by atoms with Gasteiger partial charge >= 0.3 is 0 Å². The van der Waals surface area contributed by atoms with Crippen molar-refractivity contribution >= 4 is 28.4 Å². The molecule has 0 aliphatic carbocycles. The Labute approximate surface area is 187 Å². The summed E-state index contributed by atoms with van der Waals surface area (Å²) in [6.07, 6.45) is 0.712. The van der Waals surface area contributed by atoms with Gasteiger partial charge in [0.15, 0.2) is 4.80 Å². The molecule has 0 spiro atoms. The van der Waals surface area contributed by atoms with Crippen LogP contribution in [0.1, 0.15) is 5.56 Å². The van der Waals surface area contributed by atoms with Gasteiger partial charge in [-0.3, -0.25) is 20.2 Å². The van der Waals surface area contributed by atoms with Gasteiger partial charge in [-0.05, 0) is 18.1 Å². The monoisotopic (exact) mass is 446 g/mol. The Morgan fingerprint density at radius 1 is 0.875 bits per heavy atom. The smallest absolute Gasteiger partial charge is 0.294 e. The number of aryl methyl sites for hydroxylation is 1. The first-order valence-corrected chi connectivity index (χ1v) is 10.7. The van der Waals surface area contributed by atoms with Crippen LogP contribution in [0, 0.1) is 20.2 Å². The second-order valence-electron chi connectivity index (χ2n) is 6.96. The van der Waals surface area contributed by atoms with Crippen molar-refractivity contribution in [2.24, 2.45) is 4.99 Å². The van der Waals surface area contributed by atoms with E-state index in [0.717, 1.165) is 11.3 Å². The molecule has 8 nitrogen and oxygen atoms in total. The molecule has 0 radical (unpaired) electrons. The second-order valence-corrected chi connectivity index (χ2v) is 7.79. The first kappa shape index (κ1) is 21.1. The highest BCUT2D eigenvalue weighted by molar-refractivity contribution is 7.07. The summed E-state index contributed by atoms with van der Waals surface area (Å²) >= 11 is 1.34. The third-order valence-electron chi connectivity index (χ3n) is 4.91. The second kappa shape index (κ2) is 9.36. The summed E-state index contributed by atoms with van der Waals surface area (Å²) in [7, 11) is 0. The van der Waals surface area contributed by atoms with E-state index in [1.54, 1.807) is 24.3 Å². The number of benzene rings is 3. The topological polar surface area (TPSA) is 104 Å². The Balaban J connectivity index is 1.83. The summed E-state index contributed by atoms with van der Waals surface area (Å²) in [5, 5.41) is 24.5. The molecule has 0 aliphatic heterocycles. The van der Waals surface area contributed by atoms with E-state index in [0.29, 0.717) is 23.3 Å². The molecule has 4 aromatic rings. The molecule has 0 saturated carbocycles. The molecule has 0 N–H and O–H groups in total. The molecule has 0 fully saturated rings. The van der Waals surface area contributed by atoms with Gasteiger partial charge in [-0.2, -0.15) is 0 Å². The highest BCUT2D eigenvalue weighted by Crippen LogP contribution is 2.28. The number of thiazole rings is 1. The van der Waals surface area contributed by atoms with Crippen LogP contribution in [0.2, 0.25) is 0 Å². The van der Waals surface area contributed by atoms with Crippen molar-refractivity contribution in [2.75, 3.05) is 0 Å². The molecule has 9 heteroatoms. The average Bonchev–Trinajstić information content (AvgIpc) is 3.21. The minimum absolute atomic E-state index is 0.000459. The zero-order valence-corrected chi connectivity index (χ0v) is 17.6. The van der Waals surface area contributed by atoms with Crippen LogP contribution in [0.25, 0.3) is 11.3 Å². The van der Waals surface area contributed by atoms with Crippen LogP contribution in [-0.4, -0.2) is 14.4 Å². The quantitative estimate of drug-likeness (QED) is 0.276. The molecule has 1 heterocycles. The molecule has 0 amide bonds. The van der Waals surface area contributed by atoms with Crippen molar-refractivity contribution in [3.63, 3.8) is 0 Å². The van der Waals surface area contributed by atoms with E-state index in [2.05, 4.69) is 4.99 Å². The maximum atomic E-state index is 11.4. The van der Waals surface area contributed by atoms with Crippen LogP contribution in [0.5, 0.6) is 0 Å². The van der Waals surface area contributed by atoms with Crippen molar-refractivity contribution in [1.82, 2.24) is 4.57 Å². The molecule has 0 atom stereocenters. The lowest BCUT2D eigenvalue weighted by molar-refractivity contribution is -0.384. The van der Waals surface area contributed by atoms with E-state index in [4.69, 9.17) is 0 Å². The highest BCUT2D eigenvalue weighted by atomic mass is 32.1. The lowest BCUT2D eigenvalue weighted by Crippen LogP contribution is -2.17. The Morgan fingerprint density at radius 3 is 2.38 bits per heavy atom. The maximum Gasteiger partial charge on any atom is 0.294 e. The van der Waals surface area contributed by atoms with Crippen molar-refractivity contribution < 1.29 is 9.85 Å². The fraction of sp³-hybridized carbons (Fsp3) is 0.0870. The fourth-order valence-electron chi connectivity index (χ4n) is 3.35. The Hall–Kier alpha value is -4.11. The molecule has 0 bridgehead atoms. The largest absolute Gasteiger partial charge is 0.316 e. The Bertz CT molecular complexity index is 1350. The Kier molecular flexibility index (Phi) is 6.18. The average molecular weight is 446 g/mol. The van der Waals surface area contributed by atoms with Crippen LogP contribution in [0.4, 0.5) is 17.1 Å². The molecule has 32 heavy (non-hydrogen) atoms. The molecule has 1 aromatic heterocycles. The molecule has 160 valence electrons. The van der Waals surface area contributed by atoms with E-state index >= 15 is 0 Å². The summed E-state index contributed by atoms with van der Waals surface area (Å²) in [4.78, 5) is 26.9. The number of non-ortho nitro benzene ring substituents is 1. The molecule has 0 saturated heterocycles. The van der Waals surface area contributed by atoms with Crippen molar-refractivity contribution in [1.29, 1.82) is 0 Å². The zero-order chi connectivity index (χ0) is 22.5. The standard InChI is InChI=1S/C23H18N4O4S/c28-26(29)19-10-6-9-18(15-19)22-16-32-23(24-20-11-4-5-12-21(20)27(30)31)25(22)14-13-17-7-2-1-3-8-17/h1-12,15-16H,13-14H2. The van der Waals surface area contributed by atoms with E-state index in [1.807, 2.05) is 46.3 Å². The van der Waals surface area contributed by atoms with Gasteiger partial charge in [0, 0.05) is 35.7 Å². The molecule has 4 rings (SSSR count). The van der Waals surface area contributed by atoms with Gasteiger partial charge in [-0.15, -0.1) is 11.3 Å². The van der Waals surface area contributed by atoms with Crippen LogP contribution in [0.3, 0.4) is 0 Å². The normalized spacial score (nSPS) is 11.4. The summed E-state index contributed by atoms with van der Waals surface area (Å²) < 4.78 is 1.95. The van der Waals surface area contributed by atoms with E-state index in [1.165, 1.54) is 29.5 Å². The molecule has 3 aromatic carbocycles. The van der Waals surface area contributed by atoms with Crippen molar-refractivity contribution in [3.05, 3.63) is 115 Å². The first-order chi connectivity index (χ1) is 15.5. The fourth-order valence-corrected chi connectivity index (χ4v) is 4.29. The van der Waals surface area contributed by atoms with E-state index in [9.17, 15) is 20.2 Å². The van der Waals surface area contributed by atoms with Gasteiger partial charge in [-0.1, -0.05) is 54.6 Å². The third-order valence-corrected chi connectivity index (χ3v) is 5.78. The van der Waals surface area contributed by atoms with Gasteiger partial charge < -0.3 is 4.57 Å². The molecule has 0 aliphatic rings. The molecular formula is C23H18N4O4S. The van der Waals surface area contributed by atoms with E-state index < -0.39 is 9.85 Å². The van der Waals surface area contributed by atoms with Gasteiger partial charge in [0.05, 0.1) is 15.5 Å². The summed E-state index contributed by atoms with van der Waals surface area (Å²) in [6.45, 7) is 0.561. The maximum absolute atomic E-state index is 11.4. The number of hydrogen-bond acceptors (Lipinski definition) is 6. The van der Waals surface area contributed by atoms with Crippen LogP contribution in [-0.2, 0) is 13.0 Å². The Morgan fingerprint density at radius 2 is 1.62 bits per heavy atom. The predicted octanol–water partition coefficient (Wildman–Crippen LogP) is 5.51. The highest BCUT2D eigenvalue weighted by Gasteiger charge is 2.15. The van der Waals surface area contributed by atoms with Crippen LogP contribution in [0.15, 0.2) is 89.2 Å². The number of rotatable bonds is 7. The number of nitrogens with zero attached hydrogens (tertiary/aromatic N) is 4. The van der Waals surface area contributed by atoms with Gasteiger partial charge in [0.25, 0.3) is 11.4 Å². The molecule has 0 unspecified atom stereocenters. The zero-order valence-electron chi connectivity index (χ0n) is 16.8. The van der Waals surface area contributed by atoms with Gasteiger partial charge in [-0.25, -0.2) is 4.99 Å². The minimum atomic E-state index is -0.456. The van der Waals surface area contributed by atoms with Crippen molar-refractivity contribution in [2.45, 2.75) is 13.0 Å². The SMILES string of the molecule is O=[N+]([O-])c1cccc(-c2csc(=Nc3ccccc3[N+](=O)[O-])n2CCc2ccccc2)c1. The van der Waals surface area contributed by atoms with Gasteiger partial charge in [0.2, 0.25) is 0 Å². The lowest BCUT2D eigenvalue weighted by Gasteiger charge is -2.10. The number of hydrogen-bond donors (Lipinski definition) is 0. The first-order valence-electron chi connectivity index (χ1n) is 9.78. The predicted molar refractivity (Wildman–Crippen MR) is 123 cm³/mol. The summed E-state index contributed by atoms with van der Waals surface area (Å²) in [5.41, 5.74) is 2.78. The van der Waals surface area contributed by atoms with E-state index in [-0.39, 0.29) is 17.1 Å². The number of aromatic nitrogens is 1. The van der Waals surface area contributed by atoms with Crippen LogP contribution < -0.4 is 4.80 Å². The summed E-state index contributed by atoms with van der Waals surface area (Å²) in [5.74, 6) is 0. The number of nitro groups is 2. The number of nitro benzene ring substituents is 2. The minimum Gasteiger partial charge on any atom is -0.316 e.